The zero-order valence-electron chi connectivity index (χ0n) is 10.5. The second-order valence-corrected chi connectivity index (χ2v) is 4.63. The van der Waals surface area contributed by atoms with Gasteiger partial charge in [0.2, 0.25) is 0 Å². The van der Waals surface area contributed by atoms with Crippen molar-refractivity contribution in [2.45, 2.75) is 4.90 Å². The molecule has 0 saturated carbocycles. The molecule has 1 aromatic carbocycles. The Balaban J connectivity index is 0.00000324. The minimum absolute atomic E-state index is 0. The van der Waals surface area contributed by atoms with Crippen molar-refractivity contribution in [3.05, 3.63) is 29.3 Å². The van der Waals surface area contributed by atoms with E-state index in [0.29, 0.717) is 0 Å². The van der Waals surface area contributed by atoms with Gasteiger partial charge in [0, 0.05) is 0 Å². The fourth-order valence-electron chi connectivity index (χ4n) is 1.22. The first-order chi connectivity index (χ1) is 8.29. The zero-order valence-corrected chi connectivity index (χ0v) is 11.4. The Morgan fingerprint density at radius 1 is 1.00 bits per heavy atom. The largest absolute Gasteiger partial charge is 0.465 e. The van der Waals surface area contributed by atoms with E-state index in [-0.39, 0.29) is 17.3 Å². The molecule has 9 heteroatoms. The highest BCUT2D eigenvalue weighted by Crippen LogP contribution is 2.16. The highest BCUT2D eigenvalue weighted by Gasteiger charge is 2.19. The molecule has 1 aromatic rings. The molecule has 0 heterocycles. The third-order valence-electron chi connectivity index (χ3n) is 2.05. The molecule has 0 bridgehead atoms. The molecule has 0 radical (unpaired) electrons. The molecule has 0 amide bonds. The SMILES string of the molecule is COC(=O)c1cc(C(=O)OC)cc(S(=O)(=O)O)c1.[NH4+]. The molecule has 0 aliphatic carbocycles. The van der Waals surface area contributed by atoms with Crippen LogP contribution in [-0.2, 0) is 19.6 Å². The van der Waals surface area contributed by atoms with Crippen molar-refractivity contribution < 1.29 is 32.0 Å². The zero-order chi connectivity index (χ0) is 13.9. The van der Waals surface area contributed by atoms with Crippen LogP contribution in [0.5, 0.6) is 0 Å². The second kappa shape index (κ2) is 6.27. The van der Waals surface area contributed by atoms with Crippen LogP contribution in [-0.4, -0.2) is 39.1 Å². The normalized spacial score (nSPS) is 10.3. The molecule has 0 saturated heterocycles. The van der Waals surface area contributed by atoms with Crippen molar-refractivity contribution in [3.8, 4) is 0 Å². The molecule has 8 nitrogen and oxygen atoms in total. The Hall–Kier alpha value is -1.97. The Morgan fingerprint density at radius 2 is 1.37 bits per heavy atom. The van der Waals surface area contributed by atoms with E-state index >= 15 is 0 Å². The van der Waals surface area contributed by atoms with Crippen LogP contribution >= 0.6 is 0 Å². The molecule has 0 spiro atoms. The maximum absolute atomic E-state index is 11.3. The van der Waals surface area contributed by atoms with Crippen molar-refractivity contribution >= 4 is 22.1 Å². The fraction of sp³-hybridized carbons (Fsp3) is 0.200. The average Bonchev–Trinajstić information content (AvgIpc) is 2.35. The summed E-state index contributed by atoms with van der Waals surface area (Å²) >= 11 is 0. The Morgan fingerprint density at radius 3 is 1.63 bits per heavy atom. The number of hydrogen-bond donors (Lipinski definition) is 2. The lowest BCUT2D eigenvalue weighted by molar-refractivity contribution is 0.0598. The van der Waals surface area contributed by atoms with Crippen LogP contribution in [0.15, 0.2) is 23.1 Å². The molecule has 0 atom stereocenters. The van der Waals surface area contributed by atoms with Crippen LogP contribution in [0.3, 0.4) is 0 Å². The molecular weight excluding hydrogens is 278 g/mol. The van der Waals surface area contributed by atoms with Gasteiger partial charge in [-0.25, -0.2) is 9.59 Å². The number of rotatable bonds is 3. The molecule has 1 rings (SSSR count). The second-order valence-electron chi connectivity index (χ2n) is 3.20. The van der Waals surface area contributed by atoms with E-state index in [9.17, 15) is 18.0 Å². The summed E-state index contributed by atoms with van der Waals surface area (Å²) in [7, 11) is -2.35. The van der Waals surface area contributed by atoms with Crippen LogP contribution < -0.4 is 6.15 Å². The average molecular weight is 292 g/mol. The molecule has 0 aromatic heterocycles. The predicted octanol–water partition coefficient (Wildman–Crippen LogP) is 0.883. The number of hydrogen-bond acceptors (Lipinski definition) is 6. The molecule has 0 aliphatic heterocycles. The summed E-state index contributed by atoms with van der Waals surface area (Å²) in [5.41, 5.74) is -0.374. The van der Waals surface area contributed by atoms with Gasteiger partial charge in [-0.05, 0) is 18.2 Å². The Bertz CT molecular complexity index is 560. The summed E-state index contributed by atoms with van der Waals surface area (Å²) in [5, 5.41) is 0. The van der Waals surface area contributed by atoms with E-state index in [1.807, 2.05) is 0 Å². The van der Waals surface area contributed by atoms with Gasteiger partial charge in [-0.1, -0.05) is 0 Å². The number of benzene rings is 1. The quantitative estimate of drug-likeness (QED) is 0.621. The topological polar surface area (TPSA) is 143 Å². The van der Waals surface area contributed by atoms with Gasteiger partial charge in [0.1, 0.15) is 0 Å². The van der Waals surface area contributed by atoms with Crippen LogP contribution in [0.4, 0.5) is 0 Å². The van der Waals surface area contributed by atoms with Crippen LogP contribution in [0.2, 0.25) is 0 Å². The van der Waals surface area contributed by atoms with E-state index in [1.165, 1.54) is 0 Å². The summed E-state index contributed by atoms with van der Waals surface area (Å²) in [6.07, 6.45) is 0. The first kappa shape index (κ1) is 17.0. The maximum atomic E-state index is 11.3. The van der Waals surface area contributed by atoms with Gasteiger partial charge in [0.25, 0.3) is 10.1 Å². The summed E-state index contributed by atoms with van der Waals surface area (Å²) in [4.78, 5) is 22.0. The maximum Gasteiger partial charge on any atom is 0.337 e. The third-order valence-corrected chi connectivity index (χ3v) is 2.88. The van der Waals surface area contributed by atoms with Crippen LogP contribution in [0.1, 0.15) is 20.7 Å². The minimum Gasteiger partial charge on any atom is -0.465 e. The highest BCUT2D eigenvalue weighted by molar-refractivity contribution is 7.85. The number of ether oxygens (including phenoxy) is 2. The van der Waals surface area contributed by atoms with Crippen molar-refractivity contribution in [2.75, 3.05) is 14.2 Å². The fourth-order valence-corrected chi connectivity index (χ4v) is 1.77. The van der Waals surface area contributed by atoms with Crippen molar-refractivity contribution in [1.82, 2.24) is 6.15 Å². The predicted molar refractivity (Wildman–Crippen MR) is 64.9 cm³/mol. The van der Waals surface area contributed by atoms with Crippen LogP contribution in [0, 0.1) is 0 Å². The van der Waals surface area contributed by atoms with Gasteiger partial charge < -0.3 is 15.6 Å². The molecule has 0 fully saturated rings. The first-order valence-corrected chi connectivity index (χ1v) is 6.03. The number of quaternary nitrogens is 1. The number of methoxy groups -OCH3 is 2. The summed E-state index contributed by atoms with van der Waals surface area (Å²) < 4.78 is 39.7. The third kappa shape index (κ3) is 4.02. The lowest BCUT2D eigenvalue weighted by Gasteiger charge is -2.05. The van der Waals surface area contributed by atoms with E-state index in [1.54, 1.807) is 0 Å². The van der Waals surface area contributed by atoms with Gasteiger partial charge in [-0.2, -0.15) is 8.42 Å². The molecule has 0 unspecified atom stereocenters. The molecule has 19 heavy (non-hydrogen) atoms. The highest BCUT2D eigenvalue weighted by atomic mass is 32.2. The number of carbonyl (C=O) groups is 2. The number of esters is 2. The van der Waals surface area contributed by atoms with Crippen molar-refractivity contribution in [2.24, 2.45) is 0 Å². The van der Waals surface area contributed by atoms with Crippen LogP contribution in [0.25, 0.3) is 0 Å². The smallest absolute Gasteiger partial charge is 0.337 e. The monoisotopic (exact) mass is 292 g/mol. The van der Waals surface area contributed by atoms with Gasteiger partial charge >= 0.3 is 11.9 Å². The van der Waals surface area contributed by atoms with Crippen molar-refractivity contribution in [3.63, 3.8) is 0 Å². The van der Waals surface area contributed by atoms with Gasteiger partial charge in [0.05, 0.1) is 30.2 Å². The lowest BCUT2D eigenvalue weighted by atomic mass is 10.1. The van der Waals surface area contributed by atoms with E-state index in [0.717, 1.165) is 32.4 Å². The molecule has 5 N–H and O–H groups in total. The number of carbonyl (C=O) groups excluding carboxylic acids is 2. The molecule has 106 valence electrons. The van der Waals surface area contributed by atoms with Crippen molar-refractivity contribution in [1.29, 1.82) is 0 Å². The van der Waals surface area contributed by atoms with Gasteiger partial charge in [-0.3, -0.25) is 4.55 Å². The summed E-state index contributed by atoms with van der Waals surface area (Å²) in [6.45, 7) is 0. The van der Waals surface area contributed by atoms with Gasteiger partial charge in [0.15, 0.2) is 0 Å². The minimum atomic E-state index is -4.55. The van der Waals surface area contributed by atoms with Gasteiger partial charge in [-0.15, -0.1) is 0 Å². The Kier molecular flexibility index (Phi) is 5.62. The standard InChI is InChI=1S/C10H10O7S.H3N/c1-16-9(11)6-3-7(10(12)17-2)5-8(4-6)18(13,14)15;/h3-5H,1-2H3,(H,13,14,15);1H3/p+1. The summed E-state index contributed by atoms with van der Waals surface area (Å²) in [5.74, 6) is -1.68. The Labute approximate surface area is 109 Å². The lowest BCUT2D eigenvalue weighted by Crippen LogP contribution is -2.09. The first-order valence-electron chi connectivity index (χ1n) is 4.59. The van der Waals surface area contributed by atoms with E-state index in [2.05, 4.69) is 9.47 Å². The van der Waals surface area contributed by atoms with E-state index in [4.69, 9.17) is 4.55 Å². The van der Waals surface area contributed by atoms with E-state index < -0.39 is 27.0 Å². The molecular formula is C10H14NO7S+. The molecule has 0 aliphatic rings. The summed E-state index contributed by atoms with van der Waals surface area (Å²) in [6, 6.07) is 2.90.